The van der Waals surface area contributed by atoms with Crippen molar-refractivity contribution in [2.75, 3.05) is 26.2 Å². The minimum absolute atomic E-state index is 0.0405. The molecule has 0 bridgehead atoms. The molecular weight excluding hydrogens is 458 g/mol. The Hall–Kier alpha value is -2.22. The molecular formula is C28H41N3O3S. The molecule has 7 heteroatoms. The van der Waals surface area contributed by atoms with Gasteiger partial charge in [-0.05, 0) is 47.9 Å². The summed E-state index contributed by atoms with van der Waals surface area (Å²) in [5.74, 6) is -0.0779. The van der Waals surface area contributed by atoms with Gasteiger partial charge < -0.3 is 5.32 Å². The average Bonchev–Trinajstić information content (AvgIpc) is 2.83. The number of hydrogen-bond donors (Lipinski definition) is 1. The molecule has 3 rings (SSSR count). The number of likely N-dealkylation sites (tertiary alicyclic amines) is 1. The topological polar surface area (TPSA) is 69.7 Å². The van der Waals surface area contributed by atoms with E-state index < -0.39 is 10.0 Å². The molecule has 1 aliphatic heterocycles. The highest BCUT2D eigenvalue weighted by Gasteiger charge is 2.26. The van der Waals surface area contributed by atoms with Gasteiger partial charge in [0.05, 0.1) is 4.90 Å². The maximum absolute atomic E-state index is 13.3. The van der Waals surface area contributed by atoms with Crippen LogP contribution in [0.3, 0.4) is 0 Å². The van der Waals surface area contributed by atoms with Gasteiger partial charge in [0.25, 0.3) is 0 Å². The molecule has 35 heavy (non-hydrogen) atoms. The molecule has 1 aliphatic rings. The Labute approximate surface area is 211 Å². The Kier molecular flexibility index (Phi) is 9.50. The zero-order valence-corrected chi connectivity index (χ0v) is 22.5. The maximum atomic E-state index is 13.3. The predicted octanol–water partition coefficient (Wildman–Crippen LogP) is 4.56. The smallest absolute Gasteiger partial charge is 0.243 e. The fraction of sp³-hybridized carbons (Fsp3) is 0.536. The van der Waals surface area contributed by atoms with Crippen LogP contribution in [-0.2, 0) is 26.8 Å². The number of rotatable bonds is 10. The quantitative estimate of drug-likeness (QED) is 0.520. The highest BCUT2D eigenvalue weighted by molar-refractivity contribution is 7.89. The minimum Gasteiger partial charge on any atom is -0.353 e. The van der Waals surface area contributed by atoms with Crippen molar-refractivity contribution < 1.29 is 13.2 Å². The second-order valence-electron chi connectivity index (χ2n) is 10.5. The summed E-state index contributed by atoms with van der Waals surface area (Å²) in [5, 5.41) is 3.13. The van der Waals surface area contributed by atoms with Crippen molar-refractivity contribution in [1.82, 2.24) is 14.5 Å². The Morgan fingerprint density at radius 3 is 2.20 bits per heavy atom. The van der Waals surface area contributed by atoms with Crippen molar-refractivity contribution in [1.29, 1.82) is 0 Å². The van der Waals surface area contributed by atoms with Crippen molar-refractivity contribution in [2.24, 2.45) is 0 Å². The molecule has 0 saturated carbocycles. The van der Waals surface area contributed by atoms with Crippen LogP contribution in [0, 0.1) is 0 Å². The van der Waals surface area contributed by atoms with E-state index in [1.165, 1.54) is 9.87 Å². The Bertz CT molecular complexity index is 1040. The summed E-state index contributed by atoms with van der Waals surface area (Å²) in [4.78, 5) is 15.4. The highest BCUT2D eigenvalue weighted by atomic mass is 32.2. The first kappa shape index (κ1) is 27.4. The van der Waals surface area contributed by atoms with Crippen LogP contribution < -0.4 is 5.32 Å². The van der Waals surface area contributed by atoms with E-state index in [4.69, 9.17) is 0 Å². The second-order valence-corrected chi connectivity index (χ2v) is 12.5. The summed E-state index contributed by atoms with van der Waals surface area (Å²) >= 11 is 0. The second kappa shape index (κ2) is 12.2. The van der Waals surface area contributed by atoms with Crippen molar-refractivity contribution in [3.63, 3.8) is 0 Å². The number of sulfonamides is 1. The number of carbonyl (C=O) groups excluding carboxylic acids is 1. The lowest BCUT2D eigenvalue weighted by Gasteiger charge is -2.32. The van der Waals surface area contributed by atoms with Crippen molar-refractivity contribution in [3.8, 4) is 0 Å². The fourth-order valence-corrected chi connectivity index (χ4v) is 6.01. The average molecular weight is 500 g/mol. The Balaban J connectivity index is 1.50. The van der Waals surface area contributed by atoms with Gasteiger partial charge in [0.1, 0.15) is 0 Å². The first-order valence-electron chi connectivity index (χ1n) is 12.8. The SMILES string of the molecule is CCCN(CCC(=O)NC1CCN(Cc2ccccc2)CC1)S(=O)(=O)c1ccc(C(C)(C)C)cc1. The molecule has 1 N–H and O–H groups in total. The van der Waals surface area contributed by atoms with Gasteiger partial charge in [-0.25, -0.2) is 8.42 Å². The predicted molar refractivity (Wildman–Crippen MR) is 142 cm³/mol. The van der Waals surface area contributed by atoms with Crippen LogP contribution in [0.4, 0.5) is 0 Å². The van der Waals surface area contributed by atoms with Crippen molar-refractivity contribution >= 4 is 15.9 Å². The third-order valence-electron chi connectivity index (χ3n) is 6.62. The molecule has 1 heterocycles. The van der Waals surface area contributed by atoms with Crippen LogP contribution in [0.2, 0.25) is 0 Å². The van der Waals surface area contributed by atoms with Gasteiger partial charge in [0.2, 0.25) is 15.9 Å². The van der Waals surface area contributed by atoms with E-state index in [2.05, 4.69) is 55.3 Å². The number of amides is 1. The van der Waals surface area contributed by atoms with Crippen LogP contribution in [0.1, 0.15) is 64.5 Å². The van der Waals surface area contributed by atoms with Crippen LogP contribution in [0.25, 0.3) is 0 Å². The third-order valence-corrected chi connectivity index (χ3v) is 8.53. The molecule has 2 aromatic carbocycles. The van der Waals surface area contributed by atoms with Crippen LogP contribution in [-0.4, -0.2) is 55.8 Å². The van der Waals surface area contributed by atoms with Gasteiger partial charge in [0, 0.05) is 45.2 Å². The van der Waals surface area contributed by atoms with E-state index in [-0.39, 0.29) is 35.2 Å². The van der Waals surface area contributed by atoms with Gasteiger partial charge in [-0.2, -0.15) is 4.31 Å². The standard InChI is InChI=1S/C28H41N3O3S/c1-5-18-31(35(33,34)26-13-11-24(12-14-26)28(2,3)4)21-17-27(32)29-25-15-19-30(20-16-25)22-23-9-7-6-8-10-23/h6-14,25H,5,15-22H2,1-4H3,(H,29,32). The fourth-order valence-electron chi connectivity index (χ4n) is 4.48. The molecule has 0 aliphatic carbocycles. The summed E-state index contributed by atoms with van der Waals surface area (Å²) in [6, 6.07) is 17.7. The van der Waals surface area contributed by atoms with Gasteiger partial charge in [0.15, 0.2) is 0 Å². The zero-order chi connectivity index (χ0) is 25.5. The number of hydrogen-bond acceptors (Lipinski definition) is 4. The van der Waals surface area contributed by atoms with Crippen LogP contribution >= 0.6 is 0 Å². The van der Waals surface area contributed by atoms with E-state index >= 15 is 0 Å². The maximum Gasteiger partial charge on any atom is 0.243 e. The van der Waals surface area contributed by atoms with E-state index in [1.54, 1.807) is 12.1 Å². The number of nitrogens with zero attached hydrogens (tertiary/aromatic N) is 2. The van der Waals surface area contributed by atoms with E-state index in [0.717, 1.165) is 38.0 Å². The van der Waals surface area contributed by atoms with Gasteiger partial charge in [-0.15, -0.1) is 0 Å². The summed E-state index contributed by atoms with van der Waals surface area (Å²) in [5.41, 5.74) is 2.36. The van der Waals surface area contributed by atoms with Crippen molar-refractivity contribution in [3.05, 3.63) is 65.7 Å². The molecule has 0 spiro atoms. The molecule has 0 atom stereocenters. The van der Waals surface area contributed by atoms with E-state index in [0.29, 0.717) is 13.0 Å². The van der Waals surface area contributed by atoms with Gasteiger partial charge in [-0.3, -0.25) is 9.69 Å². The number of piperidine rings is 1. The highest BCUT2D eigenvalue weighted by Crippen LogP contribution is 2.25. The Morgan fingerprint density at radius 2 is 1.63 bits per heavy atom. The van der Waals surface area contributed by atoms with Crippen LogP contribution in [0.5, 0.6) is 0 Å². The van der Waals surface area contributed by atoms with E-state index in [9.17, 15) is 13.2 Å². The first-order chi connectivity index (χ1) is 16.6. The summed E-state index contributed by atoms with van der Waals surface area (Å²) in [6.45, 7) is 11.7. The molecule has 0 aromatic heterocycles. The largest absolute Gasteiger partial charge is 0.353 e. The molecule has 1 fully saturated rings. The summed E-state index contributed by atoms with van der Waals surface area (Å²) in [6.07, 6.45) is 2.69. The number of benzene rings is 2. The molecule has 2 aromatic rings. The first-order valence-corrected chi connectivity index (χ1v) is 14.2. The lowest BCUT2D eigenvalue weighted by atomic mass is 9.87. The number of carbonyl (C=O) groups is 1. The summed E-state index contributed by atoms with van der Waals surface area (Å²) < 4.78 is 28.0. The van der Waals surface area contributed by atoms with Gasteiger partial charge >= 0.3 is 0 Å². The molecule has 1 saturated heterocycles. The monoisotopic (exact) mass is 499 g/mol. The van der Waals surface area contributed by atoms with E-state index in [1.807, 2.05) is 25.1 Å². The molecule has 192 valence electrons. The third kappa shape index (κ3) is 7.89. The minimum atomic E-state index is -3.64. The number of nitrogens with one attached hydrogen (secondary N) is 1. The van der Waals surface area contributed by atoms with Gasteiger partial charge in [-0.1, -0.05) is 70.2 Å². The Morgan fingerprint density at radius 1 is 1.00 bits per heavy atom. The molecule has 1 amide bonds. The lowest BCUT2D eigenvalue weighted by Crippen LogP contribution is -2.45. The lowest BCUT2D eigenvalue weighted by molar-refractivity contribution is -0.122. The molecule has 0 unspecified atom stereocenters. The van der Waals surface area contributed by atoms with Crippen LogP contribution in [0.15, 0.2) is 59.5 Å². The molecule has 0 radical (unpaired) electrons. The zero-order valence-electron chi connectivity index (χ0n) is 21.7. The normalized spacial score (nSPS) is 15.9. The van der Waals surface area contributed by atoms with Crippen molar-refractivity contribution in [2.45, 2.75) is 76.3 Å². The molecule has 6 nitrogen and oxygen atoms in total. The summed E-state index contributed by atoms with van der Waals surface area (Å²) in [7, 11) is -3.64.